The number of hydrogen-bond acceptors (Lipinski definition) is 2. The zero-order valence-electron chi connectivity index (χ0n) is 11.9. The zero-order valence-corrected chi connectivity index (χ0v) is 18.8. The van der Waals surface area contributed by atoms with E-state index in [0.29, 0.717) is 0 Å². The molecule has 4 N–H and O–H groups in total. The second-order valence-electron chi connectivity index (χ2n) is 4.65. The molecule has 0 saturated carbocycles. The maximum Gasteiger partial charge on any atom is 0.118 e. The summed E-state index contributed by atoms with van der Waals surface area (Å²) in [5.74, 6) is -0.263. The molecule has 2 atom stereocenters. The van der Waals surface area contributed by atoms with Crippen molar-refractivity contribution in [1.29, 1.82) is 0 Å². The van der Waals surface area contributed by atoms with Gasteiger partial charge in [-0.2, -0.15) is 0 Å². The second-order valence-corrected chi connectivity index (χ2v) is 9.56. The molecule has 25 heavy (non-hydrogen) atoms. The Morgan fingerprint density at radius 3 is 1.08 bits per heavy atom. The van der Waals surface area contributed by atoms with Gasteiger partial charge in [-0.05, 0) is 35.4 Å². The number of halogens is 6. The Morgan fingerprint density at radius 1 is 0.680 bits per heavy atom. The van der Waals surface area contributed by atoms with Crippen LogP contribution in [0.15, 0.2) is 24.3 Å². The van der Waals surface area contributed by atoms with Crippen LogP contribution in [0.2, 0.25) is 20.1 Å². The van der Waals surface area contributed by atoms with Crippen molar-refractivity contribution in [2.75, 3.05) is 0 Å². The fourth-order valence-electron chi connectivity index (χ4n) is 2.07. The van der Waals surface area contributed by atoms with Gasteiger partial charge in [0.1, 0.15) is 11.5 Å². The summed E-state index contributed by atoms with van der Waals surface area (Å²) in [7, 11) is 9.75. The molecule has 2 aromatic rings. The number of phenolic OH excluding ortho intramolecular Hbond substituents is 2. The van der Waals surface area contributed by atoms with Crippen LogP contribution >= 0.6 is 65.2 Å². The summed E-state index contributed by atoms with van der Waals surface area (Å²) >= 11 is 23.6. The van der Waals surface area contributed by atoms with Crippen LogP contribution in [0.4, 0.5) is 0 Å². The summed E-state index contributed by atoms with van der Waals surface area (Å²) < 4.78 is 0. The Hall–Kier alpha value is 0.388. The average molecular weight is 646 g/mol. The zero-order chi connectivity index (χ0) is 19.3. The molecule has 2 aromatic carbocycles. The molecule has 11 heteroatoms. The largest absolute Gasteiger partial charge is 0.672 e. The normalized spacial score (nSPS) is 13.1. The Labute approximate surface area is 181 Å². The van der Waals surface area contributed by atoms with Gasteiger partial charge in [0.05, 0.1) is 0 Å². The van der Waals surface area contributed by atoms with E-state index in [2.05, 4.69) is 0 Å². The molecule has 4 nitrogen and oxygen atoms in total. The van der Waals surface area contributed by atoms with Gasteiger partial charge in [0.2, 0.25) is 0 Å². The quantitative estimate of drug-likeness (QED) is 0.355. The minimum atomic E-state index is -1.18. The van der Waals surface area contributed by atoms with Crippen molar-refractivity contribution in [3.8, 4) is 11.5 Å². The van der Waals surface area contributed by atoms with Crippen molar-refractivity contribution in [3.63, 3.8) is 0 Å². The number of phenols is 2. The van der Waals surface area contributed by atoms with Crippen LogP contribution < -0.4 is 0 Å². The average Bonchev–Trinajstić information content (AvgIpc) is 2.45. The smallest absolute Gasteiger partial charge is 0.118 e. The first-order chi connectivity index (χ1) is 11.6. The molecular formula is C14H10Cl6N2O2Pt. The van der Waals surface area contributed by atoms with Crippen molar-refractivity contribution < 1.29 is 26.7 Å². The van der Waals surface area contributed by atoms with Gasteiger partial charge in [-0.1, -0.05) is 46.4 Å². The minimum Gasteiger partial charge on any atom is -0.672 e. The summed E-state index contributed by atoms with van der Waals surface area (Å²) in [6, 6.07) is 2.63. The van der Waals surface area contributed by atoms with E-state index in [1.54, 1.807) is 0 Å². The van der Waals surface area contributed by atoms with Crippen molar-refractivity contribution in [3.05, 3.63) is 67.0 Å². The summed E-state index contributed by atoms with van der Waals surface area (Å²) in [5, 5.41) is 19.2. The van der Waals surface area contributed by atoms with Crippen molar-refractivity contribution in [2.24, 2.45) is 0 Å². The van der Waals surface area contributed by atoms with Gasteiger partial charge in [0, 0.05) is 20.1 Å². The van der Waals surface area contributed by atoms with Crippen LogP contribution in [-0.4, -0.2) is 10.2 Å². The molecule has 0 bridgehead atoms. The fraction of sp³-hybridized carbons (Fsp3) is 0.143. The van der Waals surface area contributed by atoms with E-state index in [-0.39, 0.29) is 42.7 Å². The number of rotatable bonds is 3. The van der Waals surface area contributed by atoms with E-state index in [1.165, 1.54) is 24.3 Å². The molecule has 0 aliphatic rings. The first kappa shape index (κ1) is 23.4. The molecule has 0 aromatic heterocycles. The van der Waals surface area contributed by atoms with Crippen LogP contribution in [0.5, 0.6) is 11.5 Å². The van der Waals surface area contributed by atoms with Crippen LogP contribution in [0, 0.1) is 0 Å². The Morgan fingerprint density at radius 2 is 0.880 bits per heavy atom. The fourth-order valence-corrected chi connectivity index (χ4v) is 3.49. The van der Waals surface area contributed by atoms with E-state index in [1.807, 2.05) is 0 Å². The van der Waals surface area contributed by atoms with Crippen LogP contribution in [-0.2, 0) is 16.5 Å². The summed E-state index contributed by atoms with van der Waals surface area (Å²) in [6.45, 7) is 0. The molecule has 0 spiro atoms. The number of hydrogen-bond donors (Lipinski definition) is 2. The van der Waals surface area contributed by atoms with Gasteiger partial charge < -0.3 is 21.7 Å². The van der Waals surface area contributed by atoms with E-state index < -0.39 is 28.6 Å². The van der Waals surface area contributed by atoms with Crippen LogP contribution in [0.3, 0.4) is 0 Å². The first-order valence-corrected chi connectivity index (χ1v) is 13.4. The SMILES string of the molecule is [Cl][Pt+2][Cl].[NH-]C(c1c(Cl)cc(O)cc1Cl)C([NH-])c1c(Cl)cc(O)cc1Cl. The maximum atomic E-state index is 9.43. The van der Waals surface area contributed by atoms with Gasteiger partial charge in [0.25, 0.3) is 0 Å². The maximum absolute atomic E-state index is 9.43. The summed E-state index contributed by atoms with van der Waals surface area (Å²) in [5.41, 5.74) is 16.9. The molecule has 0 fully saturated rings. The molecule has 2 unspecified atom stereocenters. The van der Waals surface area contributed by atoms with Gasteiger partial charge >= 0.3 is 35.3 Å². The third-order valence-corrected chi connectivity index (χ3v) is 4.33. The topological polar surface area (TPSA) is 88.1 Å². The summed E-state index contributed by atoms with van der Waals surface area (Å²) in [4.78, 5) is 0. The Kier molecular flexibility index (Phi) is 9.98. The summed E-state index contributed by atoms with van der Waals surface area (Å²) in [6.07, 6.45) is 0. The van der Waals surface area contributed by atoms with Crippen LogP contribution in [0.1, 0.15) is 23.2 Å². The molecule has 140 valence electrons. The molecule has 0 aliphatic heterocycles. The molecule has 2 rings (SSSR count). The van der Waals surface area contributed by atoms with E-state index in [4.69, 9.17) is 76.7 Å². The second kappa shape index (κ2) is 10.7. The molecular weight excluding hydrogens is 636 g/mol. The number of nitrogens with one attached hydrogen (secondary N) is 2. The monoisotopic (exact) mass is 643 g/mol. The van der Waals surface area contributed by atoms with E-state index >= 15 is 0 Å². The third kappa shape index (κ3) is 6.20. The van der Waals surface area contributed by atoms with Crippen LogP contribution in [0.25, 0.3) is 11.5 Å². The Bertz CT molecular complexity index is 642. The van der Waals surface area contributed by atoms with E-state index in [9.17, 15) is 10.2 Å². The van der Waals surface area contributed by atoms with E-state index in [0.717, 1.165) is 0 Å². The number of aromatic hydroxyl groups is 2. The molecule has 0 radical (unpaired) electrons. The first-order valence-electron chi connectivity index (χ1n) is 6.24. The third-order valence-electron chi connectivity index (χ3n) is 3.08. The Balaban J connectivity index is 0.000000970. The van der Waals surface area contributed by atoms with Gasteiger partial charge in [-0.25, -0.2) is 0 Å². The van der Waals surface area contributed by atoms with Gasteiger partial charge in [-0.15, -0.1) is 12.1 Å². The predicted octanol–water partition coefficient (Wildman–Crippen LogP) is 7.97. The molecule has 0 aliphatic carbocycles. The van der Waals surface area contributed by atoms with Gasteiger partial charge in [0.15, 0.2) is 0 Å². The minimum absolute atomic E-state index is 0.0771. The van der Waals surface area contributed by atoms with Crippen molar-refractivity contribution in [2.45, 2.75) is 12.1 Å². The molecule has 0 amide bonds. The van der Waals surface area contributed by atoms with Crippen molar-refractivity contribution in [1.82, 2.24) is 0 Å². The number of benzene rings is 2. The molecule has 0 heterocycles. The van der Waals surface area contributed by atoms with Crippen molar-refractivity contribution >= 4 is 65.2 Å². The standard InChI is InChI=1S/C14H10Cl4N2O2.2ClH.Pt/c15-7-1-5(21)2-8(16)11(7)13(19)14(20)12-9(17)3-6(22)4-10(12)18;;;/h1-4,13-14,19-22H;2*1H;/q-2;;;+4/p-2. The van der Waals surface area contributed by atoms with Gasteiger partial charge in [-0.3, -0.25) is 0 Å². The molecule has 0 saturated heterocycles. The predicted molar refractivity (Wildman–Crippen MR) is 102 cm³/mol.